The molecule has 1 aromatic rings. The maximum Gasteiger partial charge on any atom is 0.326 e. The van der Waals surface area contributed by atoms with E-state index in [-0.39, 0.29) is 25.1 Å². The lowest BCUT2D eigenvalue weighted by Gasteiger charge is -2.12. The minimum absolute atomic E-state index is 0.0363. The van der Waals surface area contributed by atoms with Crippen LogP contribution in [-0.2, 0) is 16.1 Å². The Kier molecular flexibility index (Phi) is 5.07. The third-order valence-electron chi connectivity index (χ3n) is 2.37. The van der Waals surface area contributed by atoms with Crippen LogP contribution in [0, 0.1) is 0 Å². The summed E-state index contributed by atoms with van der Waals surface area (Å²) in [6.45, 7) is 0.136. The fraction of sp³-hybridized carbons (Fsp3) is 0.364. The minimum Gasteiger partial charge on any atom is -0.480 e. The van der Waals surface area contributed by atoms with Crippen molar-refractivity contribution in [3.8, 4) is 0 Å². The normalized spacial score (nSPS) is 11.8. The van der Waals surface area contributed by atoms with Gasteiger partial charge in [0, 0.05) is 6.42 Å². The van der Waals surface area contributed by atoms with E-state index in [1.165, 1.54) is 12.1 Å². The molecule has 0 fully saturated rings. The average Bonchev–Trinajstić information content (AvgIpc) is 2.82. The van der Waals surface area contributed by atoms with Gasteiger partial charge >= 0.3 is 5.97 Å². The highest BCUT2D eigenvalue weighted by Crippen LogP contribution is 2.08. The Morgan fingerprint density at radius 3 is 2.53 bits per heavy atom. The lowest BCUT2D eigenvalue weighted by molar-refractivity contribution is -0.139. The largest absolute Gasteiger partial charge is 0.480 e. The zero-order valence-corrected chi connectivity index (χ0v) is 10.1. The van der Waals surface area contributed by atoms with E-state index in [4.69, 9.17) is 21.0 Å². The van der Waals surface area contributed by atoms with Crippen LogP contribution >= 0.6 is 0 Å². The van der Waals surface area contributed by atoms with Crippen molar-refractivity contribution < 1.29 is 23.9 Å². The van der Waals surface area contributed by atoms with Crippen molar-refractivity contribution in [2.75, 3.05) is 0 Å². The molecule has 1 aromatic heterocycles. The predicted molar refractivity (Wildman–Crippen MR) is 63.9 cm³/mol. The summed E-state index contributed by atoms with van der Waals surface area (Å²) in [5.41, 5.74) is 10.3. The number of carbonyl (C=O) groups excluding carboxylic acids is 2. The third kappa shape index (κ3) is 4.43. The second kappa shape index (κ2) is 6.55. The minimum atomic E-state index is -1.25. The molecule has 0 saturated carbocycles. The average molecular weight is 269 g/mol. The number of rotatable bonds is 7. The summed E-state index contributed by atoms with van der Waals surface area (Å²) in [6, 6.07) is 1.71. The number of carboxylic acids is 1. The van der Waals surface area contributed by atoms with Crippen LogP contribution in [-0.4, -0.2) is 28.9 Å². The molecule has 0 radical (unpaired) electrons. The Labute approximate surface area is 108 Å². The molecule has 0 saturated heterocycles. The van der Waals surface area contributed by atoms with Crippen molar-refractivity contribution in [2.24, 2.45) is 11.5 Å². The number of carbonyl (C=O) groups is 3. The summed E-state index contributed by atoms with van der Waals surface area (Å²) >= 11 is 0. The highest BCUT2D eigenvalue weighted by atomic mass is 16.4. The summed E-state index contributed by atoms with van der Waals surface area (Å²) in [5, 5.41) is 11.2. The molecule has 0 aliphatic heterocycles. The number of carboxylic acid groups (broad SMARTS) is 1. The van der Waals surface area contributed by atoms with Crippen molar-refractivity contribution >= 4 is 17.8 Å². The molecular weight excluding hydrogens is 254 g/mol. The van der Waals surface area contributed by atoms with Crippen molar-refractivity contribution in [1.29, 1.82) is 0 Å². The maximum absolute atomic E-state index is 11.7. The lowest BCUT2D eigenvalue weighted by Crippen LogP contribution is -2.41. The van der Waals surface area contributed by atoms with Gasteiger partial charge in [-0.15, -0.1) is 0 Å². The molecule has 1 atom stereocenters. The zero-order valence-electron chi connectivity index (χ0n) is 10.1. The van der Waals surface area contributed by atoms with Crippen LogP contribution in [0.4, 0.5) is 0 Å². The highest BCUT2D eigenvalue weighted by Gasteiger charge is 2.22. The van der Waals surface area contributed by atoms with Gasteiger partial charge in [0.1, 0.15) is 11.8 Å². The molecule has 0 unspecified atom stereocenters. The Morgan fingerprint density at radius 1 is 1.37 bits per heavy atom. The van der Waals surface area contributed by atoms with Gasteiger partial charge in [0.15, 0.2) is 5.76 Å². The number of hydrogen-bond donors (Lipinski definition) is 4. The van der Waals surface area contributed by atoms with Gasteiger partial charge in [-0.25, -0.2) is 4.79 Å². The summed E-state index contributed by atoms with van der Waals surface area (Å²) in [7, 11) is 0. The van der Waals surface area contributed by atoms with E-state index in [2.05, 4.69) is 5.32 Å². The van der Waals surface area contributed by atoms with Gasteiger partial charge < -0.3 is 26.3 Å². The van der Waals surface area contributed by atoms with E-state index in [0.717, 1.165) is 0 Å². The summed E-state index contributed by atoms with van der Waals surface area (Å²) in [4.78, 5) is 33.2. The molecule has 0 bridgehead atoms. The molecule has 6 N–H and O–H groups in total. The summed E-state index contributed by atoms with van der Waals surface area (Å²) in [5.74, 6) is -2.19. The molecule has 0 aliphatic rings. The third-order valence-corrected chi connectivity index (χ3v) is 2.37. The summed E-state index contributed by atoms with van der Waals surface area (Å²) in [6.07, 6.45) is -0.218. The fourth-order valence-electron chi connectivity index (χ4n) is 1.38. The smallest absolute Gasteiger partial charge is 0.326 e. The van der Waals surface area contributed by atoms with Crippen molar-refractivity contribution in [3.05, 3.63) is 23.7 Å². The van der Waals surface area contributed by atoms with Crippen LogP contribution in [0.5, 0.6) is 0 Å². The van der Waals surface area contributed by atoms with Crippen molar-refractivity contribution in [3.63, 3.8) is 0 Å². The highest BCUT2D eigenvalue weighted by molar-refractivity contribution is 5.94. The van der Waals surface area contributed by atoms with Crippen LogP contribution in [0.1, 0.15) is 29.2 Å². The van der Waals surface area contributed by atoms with Gasteiger partial charge in [0.25, 0.3) is 5.91 Å². The van der Waals surface area contributed by atoms with E-state index in [1.54, 1.807) is 0 Å². The molecule has 2 amide bonds. The number of hydrogen-bond acceptors (Lipinski definition) is 5. The van der Waals surface area contributed by atoms with Crippen LogP contribution in [0.15, 0.2) is 16.5 Å². The second-order valence-corrected chi connectivity index (χ2v) is 3.84. The van der Waals surface area contributed by atoms with Gasteiger partial charge in [-0.3, -0.25) is 9.59 Å². The monoisotopic (exact) mass is 269 g/mol. The number of nitrogens with two attached hydrogens (primary N) is 2. The number of furan rings is 1. The SMILES string of the molecule is NCc1ccc(C(=O)N[C@@H](CCC(N)=O)C(=O)O)o1. The van der Waals surface area contributed by atoms with Gasteiger partial charge in [0.05, 0.1) is 6.54 Å². The first-order chi connectivity index (χ1) is 8.93. The van der Waals surface area contributed by atoms with Crippen molar-refractivity contribution in [1.82, 2.24) is 5.32 Å². The number of aliphatic carboxylic acids is 1. The molecule has 1 heterocycles. The quantitative estimate of drug-likeness (QED) is 0.508. The molecule has 1 rings (SSSR count). The van der Waals surface area contributed by atoms with E-state index in [1.807, 2.05) is 0 Å². The number of nitrogens with one attached hydrogen (secondary N) is 1. The fourth-order valence-corrected chi connectivity index (χ4v) is 1.38. The Hall–Kier alpha value is -2.35. The Bertz CT molecular complexity index is 482. The summed E-state index contributed by atoms with van der Waals surface area (Å²) < 4.78 is 5.08. The van der Waals surface area contributed by atoms with Gasteiger partial charge in [-0.05, 0) is 18.6 Å². The second-order valence-electron chi connectivity index (χ2n) is 3.84. The molecule has 8 nitrogen and oxygen atoms in total. The van der Waals surface area contributed by atoms with Crippen LogP contribution < -0.4 is 16.8 Å². The van der Waals surface area contributed by atoms with E-state index in [0.29, 0.717) is 5.76 Å². The van der Waals surface area contributed by atoms with Crippen LogP contribution in [0.25, 0.3) is 0 Å². The molecule has 0 aliphatic carbocycles. The maximum atomic E-state index is 11.7. The van der Waals surface area contributed by atoms with Gasteiger partial charge in [-0.1, -0.05) is 0 Å². The van der Waals surface area contributed by atoms with E-state index < -0.39 is 23.8 Å². The number of amides is 2. The van der Waals surface area contributed by atoms with Crippen LogP contribution in [0.3, 0.4) is 0 Å². The first-order valence-corrected chi connectivity index (χ1v) is 5.54. The lowest BCUT2D eigenvalue weighted by atomic mass is 10.1. The molecule has 8 heteroatoms. The molecule has 0 aromatic carbocycles. The first-order valence-electron chi connectivity index (χ1n) is 5.54. The standard InChI is InChI=1S/C11H15N3O5/c12-5-6-1-3-8(19-6)10(16)14-7(11(17)18)2-4-9(13)15/h1,3,7H,2,4-5,12H2,(H2,13,15)(H,14,16)(H,17,18)/t7-/m0/s1. The van der Waals surface area contributed by atoms with Gasteiger partial charge in [0.2, 0.25) is 5.91 Å². The van der Waals surface area contributed by atoms with Crippen LogP contribution in [0.2, 0.25) is 0 Å². The van der Waals surface area contributed by atoms with E-state index in [9.17, 15) is 14.4 Å². The molecular formula is C11H15N3O5. The van der Waals surface area contributed by atoms with Gasteiger partial charge in [-0.2, -0.15) is 0 Å². The molecule has 104 valence electrons. The topological polar surface area (TPSA) is 149 Å². The number of primary amides is 1. The predicted octanol–water partition coefficient (Wildman–Crippen LogP) is -0.813. The Balaban J connectivity index is 2.65. The molecule has 19 heavy (non-hydrogen) atoms. The first kappa shape index (κ1) is 14.7. The Morgan fingerprint density at radius 2 is 2.05 bits per heavy atom. The van der Waals surface area contributed by atoms with E-state index >= 15 is 0 Å². The molecule has 0 spiro atoms. The van der Waals surface area contributed by atoms with Crippen molar-refractivity contribution in [2.45, 2.75) is 25.4 Å². The zero-order chi connectivity index (χ0) is 14.4.